The fourth-order valence-electron chi connectivity index (χ4n) is 3.37. The van der Waals surface area contributed by atoms with Crippen LogP contribution in [0.4, 0.5) is 26.3 Å². The molecule has 29 heavy (non-hydrogen) atoms. The van der Waals surface area contributed by atoms with Gasteiger partial charge in [-0.1, -0.05) is 0 Å². The Morgan fingerprint density at radius 3 is 2.10 bits per heavy atom. The molecule has 6 nitrogen and oxygen atoms in total. The van der Waals surface area contributed by atoms with Crippen molar-refractivity contribution >= 4 is 35.7 Å². The maximum Gasteiger partial charge on any atom is 0.402 e. The summed E-state index contributed by atoms with van der Waals surface area (Å²) in [6.07, 6.45) is -10.7. The number of hydrogen-bond acceptors (Lipinski definition) is 6. The average Bonchev–Trinajstić information content (AvgIpc) is 3.24. The van der Waals surface area contributed by atoms with Crippen molar-refractivity contribution < 1.29 is 52.3 Å². The van der Waals surface area contributed by atoms with Crippen molar-refractivity contribution in [2.45, 2.75) is 62.7 Å². The molecule has 172 valence electrons. The van der Waals surface area contributed by atoms with E-state index in [-0.39, 0.29) is 18.8 Å². The third kappa shape index (κ3) is 7.69. The van der Waals surface area contributed by atoms with E-state index in [1.54, 1.807) is 6.55 Å². The van der Waals surface area contributed by atoms with Gasteiger partial charge in [0.15, 0.2) is 5.54 Å². The van der Waals surface area contributed by atoms with Crippen molar-refractivity contribution in [1.29, 1.82) is 0 Å². The second-order valence-corrected chi connectivity index (χ2v) is 18.8. The molecule has 0 spiro atoms. The minimum absolute atomic E-state index is 0.0624. The molecule has 2 aliphatic rings. The highest BCUT2D eigenvalue weighted by atomic mass is 28.5. The van der Waals surface area contributed by atoms with Crippen LogP contribution in [-0.2, 0) is 25.9 Å². The standard InChI is InChI=1S/C13H26F6O6Si4/c1-26-22-27(2)24-29(4,11(12(14,15)16)13(17,18)19)25-28(3,23-26)7-5-6-20-8-10-9-21-10/h10-11,26-27H,5-9H2,1-4H3. The van der Waals surface area contributed by atoms with Gasteiger partial charge >= 0.3 is 29.5 Å². The van der Waals surface area contributed by atoms with Gasteiger partial charge in [0, 0.05) is 6.61 Å². The van der Waals surface area contributed by atoms with Crippen LogP contribution in [0.2, 0.25) is 37.8 Å². The van der Waals surface area contributed by atoms with Crippen LogP contribution >= 0.6 is 0 Å². The first-order valence-electron chi connectivity index (χ1n) is 9.19. The highest BCUT2D eigenvalue weighted by Gasteiger charge is 2.70. The molecule has 2 fully saturated rings. The van der Waals surface area contributed by atoms with Gasteiger partial charge < -0.3 is 25.9 Å². The Labute approximate surface area is 170 Å². The molecular formula is C13H26F6O6Si4. The monoisotopic (exact) mass is 504 g/mol. The summed E-state index contributed by atoms with van der Waals surface area (Å²) in [6.45, 7) is 6.65. The molecule has 2 aliphatic heterocycles. The summed E-state index contributed by atoms with van der Waals surface area (Å²) in [4.78, 5) is 0. The van der Waals surface area contributed by atoms with E-state index in [0.717, 1.165) is 6.55 Å². The molecule has 2 heterocycles. The molecule has 0 radical (unpaired) electrons. The average molecular weight is 505 g/mol. The lowest BCUT2D eigenvalue weighted by molar-refractivity contribution is -0.238. The molecular weight excluding hydrogens is 478 g/mol. The topological polar surface area (TPSA) is 58.7 Å². The second-order valence-electron chi connectivity index (χ2n) is 7.41. The van der Waals surface area contributed by atoms with Crippen LogP contribution in [0.25, 0.3) is 0 Å². The number of hydrogen-bond donors (Lipinski definition) is 0. The first-order chi connectivity index (χ1) is 13.1. The minimum Gasteiger partial charge on any atom is -0.420 e. The molecule has 2 rings (SSSR count). The summed E-state index contributed by atoms with van der Waals surface area (Å²) in [7, 11) is -13.4. The van der Waals surface area contributed by atoms with Crippen LogP contribution in [-0.4, -0.2) is 74.0 Å². The summed E-state index contributed by atoms with van der Waals surface area (Å²) in [5, 5.41) is 0. The van der Waals surface area contributed by atoms with Crippen LogP contribution in [0.5, 0.6) is 0 Å². The highest BCUT2D eigenvalue weighted by Crippen LogP contribution is 2.52. The van der Waals surface area contributed by atoms with Crippen molar-refractivity contribution in [2.75, 3.05) is 19.8 Å². The van der Waals surface area contributed by atoms with E-state index >= 15 is 0 Å². The third-order valence-corrected chi connectivity index (χ3v) is 20.3. The zero-order valence-corrected chi connectivity index (χ0v) is 20.9. The molecule has 5 unspecified atom stereocenters. The van der Waals surface area contributed by atoms with Gasteiger partial charge in [0.2, 0.25) is 0 Å². The lowest BCUT2D eigenvalue weighted by Crippen LogP contribution is -2.65. The first-order valence-corrected chi connectivity index (χ1v) is 18.3. The third-order valence-electron chi connectivity index (χ3n) is 4.42. The van der Waals surface area contributed by atoms with Gasteiger partial charge in [0.05, 0.1) is 13.2 Å². The minimum atomic E-state index is -5.56. The Morgan fingerprint density at radius 1 is 1.03 bits per heavy atom. The molecule has 5 atom stereocenters. The van der Waals surface area contributed by atoms with Gasteiger partial charge in [-0.05, 0) is 38.7 Å². The van der Waals surface area contributed by atoms with Crippen molar-refractivity contribution in [3.05, 3.63) is 0 Å². The van der Waals surface area contributed by atoms with Crippen LogP contribution in [0, 0.1) is 0 Å². The Morgan fingerprint density at radius 2 is 1.59 bits per heavy atom. The fourth-order valence-corrected chi connectivity index (χ4v) is 21.0. The molecule has 0 aromatic heterocycles. The highest BCUT2D eigenvalue weighted by molar-refractivity contribution is 6.87. The Hall–Kier alpha value is 0.208. The summed E-state index contributed by atoms with van der Waals surface area (Å²) >= 11 is 0. The zero-order chi connectivity index (χ0) is 22.1. The molecule has 2 saturated heterocycles. The van der Waals surface area contributed by atoms with E-state index in [9.17, 15) is 26.3 Å². The molecule has 0 aromatic carbocycles. The largest absolute Gasteiger partial charge is 0.420 e. The van der Waals surface area contributed by atoms with E-state index in [0.29, 0.717) is 19.6 Å². The molecule has 0 aliphatic carbocycles. The van der Waals surface area contributed by atoms with Gasteiger partial charge in [0.1, 0.15) is 6.10 Å². The zero-order valence-electron chi connectivity index (χ0n) is 16.6. The maximum absolute atomic E-state index is 13.5. The predicted molar refractivity (Wildman–Crippen MR) is 99.4 cm³/mol. The van der Waals surface area contributed by atoms with Crippen molar-refractivity contribution in [3.63, 3.8) is 0 Å². The normalized spacial score (nSPS) is 36.7. The predicted octanol–water partition coefficient (Wildman–Crippen LogP) is 3.21. The quantitative estimate of drug-likeness (QED) is 0.230. The molecule has 0 N–H and O–H groups in total. The number of epoxide rings is 1. The van der Waals surface area contributed by atoms with Gasteiger partial charge in [-0.25, -0.2) is 0 Å². The van der Waals surface area contributed by atoms with Crippen LogP contribution < -0.4 is 0 Å². The van der Waals surface area contributed by atoms with Gasteiger partial charge in [-0.3, -0.25) is 0 Å². The SMILES string of the molecule is C[SiH]1O[SiH](C)O[Si](C)(C(C(F)(F)F)C(F)(F)F)O[Si](C)(CCCOCC2CO2)O1. The molecule has 0 saturated carbocycles. The number of halogens is 6. The van der Waals surface area contributed by atoms with E-state index in [4.69, 9.17) is 25.9 Å². The van der Waals surface area contributed by atoms with Gasteiger partial charge in [-0.2, -0.15) is 26.3 Å². The molecule has 0 aromatic rings. The number of rotatable bonds is 7. The fraction of sp³-hybridized carbons (Fsp3) is 1.00. The van der Waals surface area contributed by atoms with E-state index in [1.807, 2.05) is 0 Å². The van der Waals surface area contributed by atoms with Crippen molar-refractivity contribution in [2.24, 2.45) is 0 Å². The number of ether oxygens (including phenoxy) is 2. The molecule has 16 heteroatoms. The summed E-state index contributed by atoms with van der Waals surface area (Å²) in [6, 6.07) is 0.170. The summed E-state index contributed by atoms with van der Waals surface area (Å²) < 4.78 is 114. The first kappa shape index (κ1) is 25.5. The van der Waals surface area contributed by atoms with Crippen molar-refractivity contribution in [1.82, 2.24) is 0 Å². The van der Waals surface area contributed by atoms with Gasteiger partial charge in [-0.15, -0.1) is 0 Å². The number of alkyl halides is 6. The van der Waals surface area contributed by atoms with E-state index < -0.39 is 53.6 Å². The lowest BCUT2D eigenvalue weighted by Gasteiger charge is -2.46. The Balaban J connectivity index is 2.19. The Bertz CT molecular complexity index is 539. The van der Waals surface area contributed by atoms with Crippen LogP contribution in [0.1, 0.15) is 6.42 Å². The molecule has 0 bridgehead atoms. The summed E-state index contributed by atoms with van der Waals surface area (Å²) in [5.74, 6) is 0. The van der Waals surface area contributed by atoms with E-state index in [1.165, 1.54) is 13.1 Å². The van der Waals surface area contributed by atoms with Crippen molar-refractivity contribution in [3.8, 4) is 0 Å². The maximum atomic E-state index is 13.5. The second kappa shape index (κ2) is 9.37. The van der Waals surface area contributed by atoms with Crippen LogP contribution in [0.15, 0.2) is 0 Å². The Kier molecular flexibility index (Phi) is 8.23. The van der Waals surface area contributed by atoms with E-state index in [2.05, 4.69) is 0 Å². The summed E-state index contributed by atoms with van der Waals surface area (Å²) in [5.41, 5.74) is -3.69. The van der Waals surface area contributed by atoms with Crippen LogP contribution in [0.3, 0.4) is 0 Å². The molecule has 0 amide bonds. The lowest BCUT2D eigenvalue weighted by atomic mass is 10.4. The van der Waals surface area contributed by atoms with Gasteiger partial charge in [0.25, 0.3) is 18.6 Å². The smallest absolute Gasteiger partial charge is 0.402 e.